The maximum absolute atomic E-state index is 13.7. The summed E-state index contributed by atoms with van der Waals surface area (Å²) in [6.45, 7) is -0.139. The van der Waals surface area contributed by atoms with Crippen LogP contribution in [-0.4, -0.2) is 15.5 Å². The van der Waals surface area contributed by atoms with Crippen LogP contribution in [0.2, 0.25) is 5.15 Å². The number of benzene rings is 1. The van der Waals surface area contributed by atoms with Crippen LogP contribution in [0.25, 0.3) is 0 Å². The summed E-state index contributed by atoms with van der Waals surface area (Å²) >= 11 is 5.60. The third kappa shape index (κ3) is 2.62. The minimum absolute atomic E-state index is 0.113. The minimum atomic E-state index is -0.688. The molecule has 1 amide bonds. The molecule has 1 aromatic heterocycles. The van der Waals surface area contributed by atoms with Gasteiger partial charge < -0.3 is 11.5 Å². The van der Waals surface area contributed by atoms with Gasteiger partial charge in [-0.2, -0.15) is 0 Å². The molecule has 4 N–H and O–H groups in total. The highest BCUT2D eigenvalue weighted by atomic mass is 35.5. The Hall–Kier alpha value is -2.41. The summed E-state index contributed by atoms with van der Waals surface area (Å²) in [7, 11) is 0. The molecule has 0 fully saturated rings. The van der Waals surface area contributed by atoms with Crippen molar-refractivity contribution in [3.8, 4) is 0 Å². The monoisotopic (exact) mass is 296 g/mol. The first-order chi connectivity index (χ1) is 9.40. The molecule has 20 heavy (non-hydrogen) atoms. The molecule has 0 unspecified atom stereocenters. The standard InChI is InChI=1S/C12H10ClFN4O2/c13-10-9(15)12(20)18(5-17-10)4-7-3-6(11(16)19)1-2-8(7)14/h1-3,5H,4,15H2,(H2,16,19). The number of nitrogens with two attached hydrogens (primary N) is 2. The van der Waals surface area contributed by atoms with E-state index in [9.17, 15) is 14.0 Å². The lowest BCUT2D eigenvalue weighted by atomic mass is 10.1. The van der Waals surface area contributed by atoms with Gasteiger partial charge in [0.2, 0.25) is 5.91 Å². The number of primary amides is 1. The van der Waals surface area contributed by atoms with Crippen molar-refractivity contribution in [2.45, 2.75) is 6.54 Å². The molecule has 0 spiro atoms. The molecular formula is C12H10ClFN4O2. The van der Waals surface area contributed by atoms with Gasteiger partial charge >= 0.3 is 0 Å². The Morgan fingerprint density at radius 2 is 2.15 bits per heavy atom. The number of carbonyl (C=O) groups is 1. The van der Waals surface area contributed by atoms with E-state index in [2.05, 4.69) is 4.98 Å². The van der Waals surface area contributed by atoms with E-state index in [-0.39, 0.29) is 28.5 Å². The third-order valence-corrected chi connectivity index (χ3v) is 3.00. The molecule has 2 rings (SSSR count). The van der Waals surface area contributed by atoms with Crippen LogP contribution in [0.15, 0.2) is 29.3 Å². The summed E-state index contributed by atoms with van der Waals surface area (Å²) < 4.78 is 14.8. The second kappa shape index (κ2) is 5.30. The fourth-order valence-corrected chi connectivity index (χ4v) is 1.76. The van der Waals surface area contributed by atoms with E-state index in [1.807, 2.05) is 0 Å². The lowest BCUT2D eigenvalue weighted by Crippen LogP contribution is -2.24. The third-order valence-electron chi connectivity index (χ3n) is 2.69. The number of halogens is 2. The average Bonchev–Trinajstić information content (AvgIpc) is 2.41. The Morgan fingerprint density at radius 3 is 2.80 bits per heavy atom. The molecule has 1 aromatic carbocycles. The number of hydrogen-bond acceptors (Lipinski definition) is 4. The van der Waals surface area contributed by atoms with Crippen LogP contribution in [0, 0.1) is 5.82 Å². The number of nitrogen functional groups attached to an aromatic ring is 1. The van der Waals surface area contributed by atoms with Crippen molar-refractivity contribution in [1.29, 1.82) is 0 Å². The van der Waals surface area contributed by atoms with Crippen LogP contribution >= 0.6 is 11.6 Å². The lowest BCUT2D eigenvalue weighted by Gasteiger charge is -2.08. The SMILES string of the molecule is NC(=O)c1ccc(F)c(Cn2cnc(Cl)c(N)c2=O)c1. The zero-order valence-corrected chi connectivity index (χ0v) is 10.9. The van der Waals surface area contributed by atoms with Crippen molar-refractivity contribution in [3.63, 3.8) is 0 Å². The van der Waals surface area contributed by atoms with Crippen LogP contribution in [0.5, 0.6) is 0 Å². The first-order valence-electron chi connectivity index (χ1n) is 5.48. The van der Waals surface area contributed by atoms with Crippen molar-refractivity contribution in [2.75, 3.05) is 5.73 Å². The lowest BCUT2D eigenvalue weighted by molar-refractivity contribution is 0.1000. The Balaban J connectivity index is 2.45. The van der Waals surface area contributed by atoms with Gasteiger partial charge in [0.1, 0.15) is 11.5 Å². The summed E-state index contributed by atoms with van der Waals surface area (Å²) in [5.41, 5.74) is 10.0. The zero-order chi connectivity index (χ0) is 14.9. The molecule has 0 bridgehead atoms. The summed E-state index contributed by atoms with van der Waals surface area (Å²) in [5, 5.41) is -0.113. The van der Waals surface area contributed by atoms with Crippen molar-refractivity contribution < 1.29 is 9.18 Å². The second-order valence-corrected chi connectivity index (χ2v) is 4.41. The van der Waals surface area contributed by atoms with Gasteiger partial charge in [-0.05, 0) is 18.2 Å². The van der Waals surface area contributed by atoms with Crippen LogP contribution in [0.3, 0.4) is 0 Å². The number of anilines is 1. The number of aromatic nitrogens is 2. The first-order valence-corrected chi connectivity index (χ1v) is 5.86. The highest BCUT2D eigenvalue weighted by Crippen LogP contribution is 2.13. The van der Waals surface area contributed by atoms with Gasteiger partial charge in [-0.3, -0.25) is 14.2 Å². The molecule has 0 atom stereocenters. The number of hydrogen-bond donors (Lipinski definition) is 2. The molecule has 2 aromatic rings. The number of carbonyl (C=O) groups excluding carboxylic acids is 1. The van der Waals surface area contributed by atoms with Crippen molar-refractivity contribution >= 4 is 23.2 Å². The molecule has 0 saturated carbocycles. The molecular weight excluding hydrogens is 287 g/mol. The highest BCUT2D eigenvalue weighted by Gasteiger charge is 2.11. The van der Waals surface area contributed by atoms with Gasteiger partial charge in [-0.25, -0.2) is 9.37 Å². The molecule has 0 aliphatic rings. The molecule has 1 heterocycles. The molecule has 0 aliphatic heterocycles. The van der Waals surface area contributed by atoms with E-state index in [4.69, 9.17) is 23.1 Å². The Labute approximate surface area is 117 Å². The summed E-state index contributed by atoms with van der Waals surface area (Å²) in [4.78, 5) is 26.6. The van der Waals surface area contributed by atoms with Crippen molar-refractivity contribution in [2.24, 2.45) is 5.73 Å². The van der Waals surface area contributed by atoms with Gasteiger partial charge in [0.25, 0.3) is 5.56 Å². The second-order valence-electron chi connectivity index (χ2n) is 4.05. The summed E-state index contributed by atoms with van der Waals surface area (Å²) in [6.07, 6.45) is 1.15. The molecule has 104 valence electrons. The maximum atomic E-state index is 13.7. The number of amides is 1. The molecule has 0 saturated heterocycles. The van der Waals surface area contributed by atoms with E-state index in [0.29, 0.717) is 0 Å². The van der Waals surface area contributed by atoms with Crippen molar-refractivity contribution in [1.82, 2.24) is 9.55 Å². The van der Waals surface area contributed by atoms with E-state index in [1.165, 1.54) is 12.1 Å². The molecule has 0 radical (unpaired) electrons. The smallest absolute Gasteiger partial charge is 0.278 e. The van der Waals surface area contributed by atoms with Gasteiger partial charge in [0, 0.05) is 11.1 Å². The summed E-state index contributed by atoms with van der Waals surface area (Å²) in [6, 6.07) is 3.64. The maximum Gasteiger partial charge on any atom is 0.278 e. The zero-order valence-electron chi connectivity index (χ0n) is 10.1. The molecule has 0 aliphatic carbocycles. The van der Waals surface area contributed by atoms with Crippen LogP contribution in [0.1, 0.15) is 15.9 Å². The average molecular weight is 297 g/mol. The number of nitrogens with zero attached hydrogens (tertiary/aromatic N) is 2. The van der Waals surface area contributed by atoms with E-state index < -0.39 is 17.3 Å². The first kappa shape index (κ1) is 14.0. The molecule has 6 nitrogen and oxygen atoms in total. The number of rotatable bonds is 3. The largest absolute Gasteiger partial charge is 0.392 e. The van der Waals surface area contributed by atoms with Crippen molar-refractivity contribution in [3.05, 3.63) is 57.0 Å². The van der Waals surface area contributed by atoms with Gasteiger partial charge in [-0.1, -0.05) is 11.6 Å². The predicted molar refractivity (Wildman–Crippen MR) is 71.9 cm³/mol. The van der Waals surface area contributed by atoms with Gasteiger partial charge in [0.05, 0.1) is 12.9 Å². The minimum Gasteiger partial charge on any atom is -0.392 e. The normalized spacial score (nSPS) is 10.5. The fraction of sp³-hybridized carbons (Fsp3) is 0.0833. The van der Waals surface area contributed by atoms with Crippen LogP contribution < -0.4 is 17.0 Å². The quantitative estimate of drug-likeness (QED) is 0.816. The predicted octanol–water partition coefficient (Wildman–Crippen LogP) is 0.765. The Morgan fingerprint density at radius 1 is 1.45 bits per heavy atom. The molecule has 8 heteroatoms. The summed E-state index contributed by atoms with van der Waals surface area (Å²) in [5.74, 6) is -1.26. The van der Waals surface area contributed by atoms with Crippen LogP contribution in [0.4, 0.5) is 10.1 Å². The Bertz CT molecular complexity index is 745. The van der Waals surface area contributed by atoms with Gasteiger partial charge in [0.15, 0.2) is 5.15 Å². The van der Waals surface area contributed by atoms with E-state index in [0.717, 1.165) is 17.0 Å². The highest BCUT2D eigenvalue weighted by molar-refractivity contribution is 6.31. The van der Waals surface area contributed by atoms with E-state index >= 15 is 0 Å². The fourth-order valence-electron chi connectivity index (χ4n) is 1.63. The van der Waals surface area contributed by atoms with Gasteiger partial charge in [-0.15, -0.1) is 0 Å². The van der Waals surface area contributed by atoms with E-state index in [1.54, 1.807) is 0 Å². The Kier molecular flexibility index (Phi) is 3.71. The van der Waals surface area contributed by atoms with Crippen LogP contribution in [-0.2, 0) is 6.54 Å². The topological polar surface area (TPSA) is 104 Å².